The number of aliphatic hydroxyl groups is 1. The van der Waals surface area contributed by atoms with Crippen LogP contribution in [0.2, 0.25) is 0 Å². The highest BCUT2D eigenvalue weighted by Crippen LogP contribution is 2.26. The number of aliphatic hydroxyl groups excluding tert-OH is 1. The number of hydrogen-bond donors (Lipinski definition) is 2. The molecular formula is C12H13BrN2OS. The van der Waals surface area contributed by atoms with E-state index in [9.17, 15) is 5.11 Å². The predicted molar refractivity (Wildman–Crippen MR) is 72.9 cm³/mol. The fourth-order valence-electron chi connectivity index (χ4n) is 1.46. The van der Waals surface area contributed by atoms with Crippen LogP contribution in [0, 0.1) is 0 Å². The lowest BCUT2D eigenvalue weighted by Gasteiger charge is -2.09. The molecule has 2 heterocycles. The van der Waals surface area contributed by atoms with Crippen LogP contribution in [0.25, 0.3) is 0 Å². The van der Waals surface area contributed by atoms with Gasteiger partial charge >= 0.3 is 0 Å². The zero-order chi connectivity index (χ0) is 12.1. The van der Waals surface area contributed by atoms with Crippen molar-refractivity contribution in [3.05, 3.63) is 50.9 Å². The molecule has 0 amide bonds. The molecule has 0 aliphatic heterocycles. The molecule has 0 aliphatic carbocycles. The van der Waals surface area contributed by atoms with E-state index in [-0.39, 0.29) is 0 Å². The van der Waals surface area contributed by atoms with Crippen molar-refractivity contribution in [3.8, 4) is 0 Å². The molecule has 0 spiro atoms. The van der Waals surface area contributed by atoms with Gasteiger partial charge in [0.25, 0.3) is 0 Å². The average molecular weight is 313 g/mol. The highest BCUT2D eigenvalue weighted by atomic mass is 79.9. The van der Waals surface area contributed by atoms with E-state index in [4.69, 9.17) is 0 Å². The Morgan fingerprint density at radius 1 is 1.29 bits per heavy atom. The minimum atomic E-state index is -0.451. The first kappa shape index (κ1) is 12.7. The third-order valence-corrected chi connectivity index (χ3v) is 4.06. The molecule has 0 saturated heterocycles. The first-order valence-corrected chi connectivity index (χ1v) is 6.89. The van der Waals surface area contributed by atoms with Gasteiger partial charge in [-0.05, 0) is 45.8 Å². The van der Waals surface area contributed by atoms with Gasteiger partial charge < -0.3 is 10.4 Å². The monoisotopic (exact) mass is 312 g/mol. The molecule has 3 nitrogen and oxygen atoms in total. The van der Waals surface area contributed by atoms with Crippen LogP contribution in [0.15, 0.2) is 40.4 Å². The molecule has 2 N–H and O–H groups in total. The summed E-state index contributed by atoms with van der Waals surface area (Å²) in [6, 6.07) is 7.81. The summed E-state index contributed by atoms with van der Waals surface area (Å²) in [7, 11) is 0. The predicted octanol–water partition coefficient (Wildman–Crippen LogP) is 2.73. The summed E-state index contributed by atoms with van der Waals surface area (Å²) in [5.41, 5.74) is 1.17. The molecule has 0 fully saturated rings. The van der Waals surface area contributed by atoms with E-state index >= 15 is 0 Å². The SMILES string of the molecule is OC(CNCc1ccncc1)c1ccc(Br)s1. The molecule has 0 aliphatic rings. The zero-order valence-corrected chi connectivity index (χ0v) is 11.5. The summed E-state index contributed by atoms with van der Waals surface area (Å²) >= 11 is 4.94. The molecule has 2 rings (SSSR count). The third kappa shape index (κ3) is 3.89. The highest BCUT2D eigenvalue weighted by molar-refractivity contribution is 9.11. The summed E-state index contributed by atoms with van der Waals surface area (Å²) in [5.74, 6) is 0. The lowest BCUT2D eigenvalue weighted by molar-refractivity contribution is 0.178. The van der Waals surface area contributed by atoms with Crippen LogP contribution in [-0.2, 0) is 6.54 Å². The van der Waals surface area contributed by atoms with Crippen LogP contribution in [0.3, 0.4) is 0 Å². The van der Waals surface area contributed by atoms with Crippen molar-refractivity contribution < 1.29 is 5.11 Å². The number of nitrogens with zero attached hydrogens (tertiary/aromatic N) is 1. The Labute approximate surface area is 113 Å². The van der Waals surface area contributed by atoms with E-state index in [2.05, 4.69) is 26.2 Å². The van der Waals surface area contributed by atoms with Crippen LogP contribution in [0.4, 0.5) is 0 Å². The van der Waals surface area contributed by atoms with Gasteiger partial charge in [-0.3, -0.25) is 4.98 Å². The van der Waals surface area contributed by atoms with Gasteiger partial charge in [0.1, 0.15) is 6.10 Å². The van der Waals surface area contributed by atoms with Crippen LogP contribution in [0.5, 0.6) is 0 Å². The maximum absolute atomic E-state index is 9.93. The standard InChI is InChI=1S/C12H13BrN2OS/c13-12-2-1-11(17-12)10(16)8-15-7-9-3-5-14-6-4-9/h1-6,10,15-16H,7-8H2. The topological polar surface area (TPSA) is 45.1 Å². The van der Waals surface area contributed by atoms with E-state index in [1.165, 1.54) is 5.56 Å². The van der Waals surface area contributed by atoms with E-state index in [0.29, 0.717) is 6.54 Å². The Kier molecular flexibility index (Phi) is 4.67. The second-order valence-corrected chi connectivity index (χ2v) is 6.14. The van der Waals surface area contributed by atoms with Gasteiger partial charge in [0.2, 0.25) is 0 Å². The van der Waals surface area contributed by atoms with Crippen LogP contribution < -0.4 is 5.32 Å². The average Bonchev–Trinajstić information content (AvgIpc) is 2.77. The molecule has 2 aromatic rings. The Morgan fingerprint density at radius 2 is 2.06 bits per heavy atom. The minimum absolute atomic E-state index is 0.451. The Morgan fingerprint density at radius 3 is 2.71 bits per heavy atom. The Balaban J connectivity index is 1.79. The van der Waals surface area contributed by atoms with Crippen molar-refractivity contribution in [2.24, 2.45) is 0 Å². The Bertz CT molecular complexity index is 461. The van der Waals surface area contributed by atoms with Crippen molar-refractivity contribution in [1.29, 1.82) is 0 Å². The fourth-order valence-corrected chi connectivity index (χ4v) is 2.87. The number of thiophene rings is 1. The summed E-state index contributed by atoms with van der Waals surface area (Å²) in [5, 5.41) is 13.1. The minimum Gasteiger partial charge on any atom is -0.386 e. The number of nitrogens with one attached hydrogen (secondary N) is 1. The smallest absolute Gasteiger partial charge is 0.101 e. The maximum atomic E-state index is 9.93. The van der Waals surface area contributed by atoms with Crippen molar-refractivity contribution in [3.63, 3.8) is 0 Å². The molecule has 1 atom stereocenters. The van der Waals surface area contributed by atoms with Crippen LogP contribution in [-0.4, -0.2) is 16.6 Å². The number of pyridine rings is 1. The molecular weight excluding hydrogens is 300 g/mol. The number of rotatable bonds is 5. The van der Waals surface area contributed by atoms with Gasteiger partial charge in [0, 0.05) is 30.4 Å². The van der Waals surface area contributed by atoms with Gasteiger partial charge in [-0.2, -0.15) is 0 Å². The van der Waals surface area contributed by atoms with Gasteiger partial charge in [0.05, 0.1) is 3.79 Å². The van der Waals surface area contributed by atoms with Crippen molar-refractivity contribution >= 4 is 27.3 Å². The fraction of sp³-hybridized carbons (Fsp3) is 0.250. The molecule has 0 bridgehead atoms. The zero-order valence-electron chi connectivity index (χ0n) is 9.14. The quantitative estimate of drug-likeness (QED) is 0.892. The molecule has 2 aromatic heterocycles. The van der Waals surface area contributed by atoms with Gasteiger partial charge in [-0.25, -0.2) is 0 Å². The lowest BCUT2D eigenvalue weighted by atomic mass is 10.2. The maximum Gasteiger partial charge on any atom is 0.101 e. The summed E-state index contributed by atoms with van der Waals surface area (Å²) in [6.07, 6.45) is 3.08. The van der Waals surface area contributed by atoms with Crippen molar-refractivity contribution in [2.45, 2.75) is 12.6 Å². The van der Waals surface area contributed by atoms with Crippen molar-refractivity contribution in [2.75, 3.05) is 6.54 Å². The summed E-state index contributed by atoms with van der Waals surface area (Å²) < 4.78 is 1.04. The van der Waals surface area contributed by atoms with Gasteiger partial charge in [-0.1, -0.05) is 0 Å². The first-order valence-electron chi connectivity index (χ1n) is 5.28. The van der Waals surface area contributed by atoms with Gasteiger partial charge in [-0.15, -0.1) is 11.3 Å². The van der Waals surface area contributed by atoms with Gasteiger partial charge in [0.15, 0.2) is 0 Å². The molecule has 1 unspecified atom stereocenters. The molecule has 0 saturated carbocycles. The largest absolute Gasteiger partial charge is 0.386 e. The summed E-state index contributed by atoms with van der Waals surface area (Å²) in [6.45, 7) is 1.29. The summed E-state index contributed by atoms with van der Waals surface area (Å²) in [4.78, 5) is 4.93. The van der Waals surface area contributed by atoms with Crippen LogP contribution in [0.1, 0.15) is 16.5 Å². The first-order chi connectivity index (χ1) is 8.25. The molecule has 90 valence electrons. The molecule has 0 radical (unpaired) electrons. The highest BCUT2D eigenvalue weighted by Gasteiger charge is 2.09. The third-order valence-electron chi connectivity index (χ3n) is 2.34. The van der Waals surface area contributed by atoms with Crippen LogP contribution >= 0.6 is 27.3 Å². The van der Waals surface area contributed by atoms with E-state index in [1.807, 2.05) is 24.3 Å². The van der Waals surface area contributed by atoms with E-state index in [1.54, 1.807) is 23.7 Å². The number of halogens is 1. The van der Waals surface area contributed by atoms with Crippen molar-refractivity contribution in [1.82, 2.24) is 10.3 Å². The molecule has 5 heteroatoms. The van der Waals surface area contributed by atoms with E-state index in [0.717, 1.165) is 15.2 Å². The molecule has 0 aromatic carbocycles. The van der Waals surface area contributed by atoms with E-state index < -0.39 is 6.10 Å². The number of aromatic nitrogens is 1. The number of hydrogen-bond acceptors (Lipinski definition) is 4. The second kappa shape index (κ2) is 6.26. The molecule has 17 heavy (non-hydrogen) atoms. The lowest BCUT2D eigenvalue weighted by Crippen LogP contribution is -2.20. The normalized spacial score (nSPS) is 12.6. The second-order valence-electron chi connectivity index (χ2n) is 3.64. The Hall–Kier alpha value is -0.750.